The lowest BCUT2D eigenvalue weighted by Crippen LogP contribution is -2.22. The number of aromatic nitrogens is 3. The molecule has 0 aliphatic carbocycles. The summed E-state index contributed by atoms with van der Waals surface area (Å²) in [5, 5.41) is 18.3. The number of nitrogens with one attached hydrogen (secondary N) is 1. The number of carbonyl (C=O) groups excluding carboxylic acids is 1. The van der Waals surface area contributed by atoms with Crippen LogP contribution in [-0.2, 0) is 4.79 Å². The Morgan fingerprint density at radius 3 is 3.00 bits per heavy atom. The summed E-state index contributed by atoms with van der Waals surface area (Å²) >= 11 is 0. The van der Waals surface area contributed by atoms with Gasteiger partial charge in [-0.2, -0.15) is 10.4 Å². The highest BCUT2D eigenvalue weighted by atomic mass is 16.2. The Labute approximate surface area is 87.4 Å². The molecule has 1 N–H and O–H groups in total. The molecule has 1 atom stereocenters. The molecule has 1 heterocycles. The van der Waals surface area contributed by atoms with Gasteiger partial charge in [0.25, 0.3) is 0 Å². The van der Waals surface area contributed by atoms with Crippen molar-refractivity contribution in [2.75, 3.05) is 5.32 Å². The fraction of sp³-hybridized carbons (Fsp3) is 0.444. The molecule has 78 valence electrons. The topological polar surface area (TPSA) is 91.6 Å². The predicted octanol–water partition coefficient (Wildman–Crippen LogP) is 0.750. The van der Waals surface area contributed by atoms with Gasteiger partial charge in [0, 0.05) is 0 Å². The first kappa shape index (κ1) is 11.0. The average Bonchev–Trinajstić information content (AvgIpc) is 2.27. The third-order valence-corrected chi connectivity index (χ3v) is 1.77. The Kier molecular flexibility index (Phi) is 4.16. The van der Waals surface area contributed by atoms with Crippen LogP contribution in [0.25, 0.3) is 0 Å². The largest absolute Gasteiger partial charge is 0.292 e. The van der Waals surface area contributed by atoms with Crippen LogP contribution in [0.2, 0.25) is 0 Å². The number of nitriles is 1. The van der Waals surface area contributed by atoms with Gasteiger partial charge in [-0.15, -0.1) is 5.10 Å². The van der Waals surface area contributed by atoms with Gasteiger partial charge in [-0.1, -0.05) is 13.3 Å². The van der Waals surface area contributed by atoms with Gasteiger partial charge in [-0.3, -0.25) is 10.1 Å². The van der Waals surface area contributed by atoms with E-state index in [1.165, 1.54) is 12.4 Å². The van der Waals surface area contributed by atoms with E-state index >= 15 is 0 Å². The zero-order chi connectivity index (χ0) is 11.1. The number of carbonyl (C=O) groups is 1. The number of anilines is 1. The van der Waals surface area contributed by atoms with Gasteiger partial charge in [0.2, 0.25) is 11.9 Å². The van der Waals surface area contributed by atoms with Crippen molar-refractivity contribution in [2.24, 2.45) is 5.92 Å². The zero-order valence-corrected chi connectivity index (χ0v) is 8.34. The van der Waals surface area contributed by atoms with E-state index in [1.54, 1.807) is 0 Å². The summed E-state index contributed by atoms with van der Waals surface area (Å²) in [5.41, 5.74) is 0. The standard InChI is InChI=1S/C9H11N5O/c1-2-3-7(6-10)8(15)13-9-11-4-5-12-14-9/h4-5,7H,2-3H2,1H3,(H,11,13,14,15). The van der Waals surface area contributed by atoms with Crippen molar-refractivity contribution in [3.8, 4) is 6.07 Å². The maximum Gasteiger partial charge on any atom is 0.249 e. The lowest BCUT2D eigenvalue weighted by molar-refractivity contribution is -0.118. The molecule has 15 heavy (non-hydrogen) atoms. The molecule has 0 aliphatic rings. The molecule has 6 nitrogen and oxygen atoms in total. The molecule has 1 rings (SSSR count). The number of amides is 1. The van der Waals surface area contributed by atoms with E-state index in [0.29, 0.717) is 6.42 Å². The second kappa shape index (κ2) is 5.65. The first-order valence-electron chi connectivity index (χ1n) is 4.62. The molecule has 0 radical (unpaired) electrons. The molecular weight excluding hydrogens is 194 g/mol. The Bertz CT molecular complexity index is 359. The summed E-state index contributed by atoms with van der Waals surface area (Å²) < 4.78 is 0. The van der Waals surface area contributed by atoms with Crippen molar-refractivity contribution in [3.05, 3.63) is 12.4 Å². The molecule has 0 saturated heterocycles. The van der Waals surface area contributed by atoms with Gasteiger partial charge >= 0.3 is 0 Å². The van der Waals surface area contributed by atoms with Crippen molar-refractivity contribution >= 4 is 11.9 Å². The maximum absolute atomic E-state index is 11.5. The van der Waals surface area contributed by atoms with Crippen LogP contribution in [0.1, 0.15) is 19.8 Å². The van der Waals surface area contributed by atoms with Crippen LogP contribution >= 0.6 is 0 Å². The number of nitrogens with zero attached hydrogens (tertiary/aromatic N) is 4. The summed E-state index contributed by atoms with van der Waals surface area (Å²) in [4.78, 5) is 15.3. The van der Waals surface area contributed by atoms with E-state index in [0.717, 1.165) is 6.42 Å². The summed E-state index contributed by atoms with van der Waals surface area (Å²) in [6.07, 6.45) is 4.13. The van der Waals surface area contributed by atoms with E-state index in [9.17, 15) is 4.79 Å². The van der Waals surface area contributed by atoms with Crippen LogP contribution < -0.4 is 5.32 Å². The molecule has 0 aromatic carbocycles. The highest BCUT2D eigenvalue weighted by Crippen LogP contribution is 2.07. The van der Waals surface area contributed by atoms with E-state index in [-0.39, 0.29) is 11.9 Å². The van der Waals surface area contributed by atoms with E-state index < -0.39 is 5.92 Å². The summed E-state index contributed by atoms with van der Waals surface area (Å²) in [7, 11) is 0. The second-order valence-corrected chi connectivity index (χ2v) is 2.93. The van der Waals surface area contributed by atoms with Crippen molar-refractivity contribution in [2.45, 2.75) is 19.8 Å². The van der Waals surface area contributed by atoms with Gasteiger partial charge in [-0.05, 0) is 6.42 Å². The summed E-state index contributed by atoms with van der Waals surface area (Å²) in [5.74, 6) is -0.912. The fourth-order valence-electron chi connectivity index (χ4n) is 1.05. The van der Waals surface area contributed by atoms with Gasteiger partial charge in [0.15, 0.2) is 0 Å². The first-order chi connectivity index (χ1) is 7.27. The highest BCUT2D eigenvalue weighted by molar-refractivity contribution is 5.92. The van der Waals surface area contributed by atoms with Crippen LogP contribution in [0, 0.1) is 17.2 Å². The van der Waals surface area contributed by atoms with Crippen molar-refractivity contribution in [1.29, 1.82) is 5.26 Å². The molecule has 1 unspecified atom stereocenters. The molecule has 6 heteroatoms. The molecule has 0 bridgehead atoms. The lowest BCUT2D eigenvalue weighted by atomic mass is 10.1. The minimum atomic E-state index is -0.654. The monoisotopic (exact) mass is 205 g/mol. The third-order valence-electron chi connectivity index (χ3n) is 1.77. The molecule has 0 spiro atoms. The van der Waals surface area contributed by atoms with E-state index in [1.807, 2.05) is 13.0 Å². The van der Waals surface area contributed by atoms with Crippen LogP contribution in [0.4, 0.5) is 5.95 Å². The van der Waals surface area contributed by atoms with E-state index in [2.05, 4.69) is 20.5 Å². The van der Waals surface area contributed by atoms with Crippen molar-refractivity contribution in [1.82, 2.24) is 15.2 Å². The van der Waals surface area contributed by atoms with Gasteiger partial charge in [0.05, 0.1) is 18.5 Å². The highest BCUT2D eigenvalue weighted by Gasteiger charge is 2.17. The Morgan fingerprint density at radius 1 is 1.67 bits per heavy atom. The molecule has 1 aromatic rings. The molecule has 1 aromatic heterocycles. The predicted molar refractivity (Wildman–Crippen MR) is 52.5 cm³/mol. The molecular formula is C9H11N5O. The molecule has 0 fully saturated rings. The minimum absolute atomic E-state index is 0.124. The smallest absolute Gasteiger partial charge is 0.249 e. The summed E-state index contributed by atoms with van der Waals surface area (Å²) in [6.45, 7) is 1.91. The van der Waals surface area contributed by atoms with Crippen molar-refractivity contribution in [3.63, 3.8) is 0 Å². The summed E-state index contributed by atoms with van der Waals surface area (Å²) in [6, 6.07) is 1.93. The average molecular weight is 205 g/mol. The Hall–Kier alpha value is -2.03. The van der Waals surface area contributed by atoms with Crippen LogP contribution in [-0.4, -0.2) is 21.1 Å². The minimum Gasteiger partial charge on any atom is -0.292 e. The van der Waals surface area contributed by atoms with Crippen molar-refractivity contribution < 1.29 is 4.79 Å². The number of hydrogen-bond donors (Lipinski definition) is 1. The van der Waals surface area contributed by atoms with Gasteiger partial charge in [-0.25, -0.2) is 4.98 Å². The SMILES string of the molecule is CCCC(C#N)C(=O)Nc1nccnn1. The molecule has 1 amide bonds. The van der Waals surface area contributed by atoms with E-state index in [4.69, 9.17) is 5.26 Å². The van der Waals surface area contributed by atoms with Gasteiger partial charge in [0.1, 0.15) is 5.92 Å². The quantitative estimate of drug-likeness (QED) is 0.783. The van der Waals surface area contributed by atoms with Crippen LogP contribution in [0.3, 0.4) is 0 Å². The van der Waals surface area contributed by atoms with Gasteiger partial charge < -0.3 is 0 Å². The number of hydrogen-bond acceptors (Lipinski definition) is 5. The third kappa shape index (κ3) is 3.31. The number of rotatable bonds is 4. The Morgan fingerprint density at radius 2 is 2.47 bits per heavy atom. The maximum atomic E-state index is 11.5. The normalized spacial score (nSPS) is 11.5. The first-order valence-corrected chi connectivity index (χ1v) is 4.62. The zero-order valence-electron chi connectivity index (χ0n) is 8.34. The molecule has 0 aliphatic heterocycles. The second-order valence-electron chi connectivity index (χ2n) is 2.93. The van der Waals surface area contributed by atoms with Crippen LogP contribution in [0.5, 0.6) is 0 Å². The fourth-order valence-corrected chi connectivity index (χ4v) is 1.05. The van der Waals surface area contributed by atoms with Crippen LogP contribution in [0.15, 0.2) is 12.4 Å². The Balaban J connectivity index is 2.59. The molecule has 0 saturated carbocycles. The lowest BCUT2D eigenvalue weighted by Gasteiger charge is -2.06.